The molecular weight excluding hydrogens is 248 g/mol. The molecule has 0 saturated carbocycles. The minimum Gasteiger partial charge on any atom is -0.356 e. The van der Waals surface area contributed by atoms with Gasteiger partial charge in [0.25, 0.3) is 0 Å². The Morgan fingerprint density at radius 1 is 1.25 bits per heavy atom. The van der Waals surface area contributed by atoms with Crippen LogP contribution in [0.1, 0.15) is 44.7 Å². The van der Waals surface area contributed by atoms with Crippen molar-refractivity contribution >= 4 is 5.82 Å². The molecular formula is C16H26N4. The standard InChI is InChI=1S/C16H26N4/c1-2-4-14-11-16(19-12-18-14)20-9-6-13(7-10-20)15-5-3-8-17-15/h11-13,15,17H,2-10H2,1H3. The van der Waals surface area contributed by atoms with E-state index in [1.54, 1.807) is 6.33 Å². The van der Waals surface area contributed by atoms with Crippen molar-refractivity contribution in [1.29, 1.82) is 0 Å². The quantitative estimate of drug-likeness (QED) is 0.915. The van der Waals surface area contributed by atoms with Crippen molar-refractivity contribution in [2.24, 2.45) is 5.92 Å². The summed E-state index contributed by atoms with van der Waals surface area (Å²) < 4.78 is 0. The molecule has 1 aromatic rings. The number of nitrogens with zero attached hydrogens (tertiary/aromatic N) is 3. The summed E-state index contributed by atoms with van der Waals surface area (Å²) in [5.41, 5.74) is 1.18. The third kappa shape index (κ3) is 3.11. The van der Waals surface area contributed by atoms with Gasteiger partial charge >= 0.3 is 0 Å². The van der Waals surface area contributed by atoms with Crippen LogP contribution in [0.4, 0.5) is 5.82 Å². The van der Waals surface area contributed by atoms with Crippen LogP contribution in [0.15, 0.2) is 12.4 Å². The molecule has 2 aliphatic rings. The predicted octanol–water partition coefficient (Wildman–Crippen LogP) is 2.40. The smallest absolute Gasteiger partial charge is 0.132 e. The van der Waals surface area contributed by atoms with E-state index in [0.29, 0.717) is 0 Å². The van der Waals surface area contributed by atoms with Gasteiger partial charge < -0.3 is 10.2 Å². The average Bonchev–Trinajstić information content (AvgIpc) is 3.02. The molecule has 110 valence electrons. The zero-order chi connectivity index (χ0) is 13.8. The minimum absolute atomic E-state index is 0.776. The second-order valence-corrected chi connectivity index (χ2v) is 6.14. The molecule has 20 heavy (non-hydrogen) atoms. The molecule has 3 rings (SSSR count). The molecule has 4 nitrogen and oxygen atoms in total. The van der Waals surface area contributed by atoms with Crippen LogP contribution in [-0.2, 0) is 6.42 Å². The number of aryl methyl sites for hydroxylation is 1. The van der Waals surface area contributed by atoms with Crippen molar-refractivity contribution in [3.63, 3.8) is 0 Å². The van der Waals surface area contributed by atoms with E-state index in [0.717, 1.165) is 43.7 Å². The fourth-order valence-corrected chi connectivity index (χ4v) is 3.60. The maximum absolute atomic E-state index is 4.47. The third-order valence-corrected chi connectivity index (χ3v) is 4.75. The lowest BCUT2D eigenvalue weighted by atomic mass is 9.88. The number of rotatable bonds is 4. The van der Waals surface area contributed by atoms with Gasteiger partial charge in [0.2, 0.25) is 0 Å². The van der Waals surface area contributed by atoms with Crippen LogP contribution in [0.5, 0.6) is 0 Å². The van der Waals surface area contributed by atoms with Crippen LogP contribution in [0, 0.1) is 5.92 Å². The van der Waals surface area contributed by atoms with Gasteiger partial charge in [0, 0.05) is 30.9 Å². The van der Waals surface area contributed by atoms with E-state index in [1.165, 1.54) is 37.9 Å². The van der Waals surface area contributed by atoms with E-state index in [-0.39, 0.29) is 0 Å². The van der Waals surface area contributed by atoms with Gasteiger partial charge in [0.05, 0.1) is 0 Å². The van der Waals surface area contributed by atoms with E-state index in [2.05, 4.69) is 33.2 Å². The SMILES string of the molecule is CCCc1cc(N2CCC(C3CCCN3)CC2)ncn1. The van der Waals surface area contributed by atoms with Gasteiger partial charge in [-0.05, 0) is 44.6 Å². The van der Waals surface area contributed by atoms with Crippen molar-refractivity contribution in [3.05, 3.63) is 18.1 Å². The van der Waals surface area contributed by atoms with Crippen molar-refractivity contribution in [2.75, 3.05) is 24.5 Å². The molecule has 1 N–H and O–H groups in total. The highest BCUT2D eigenvalue weighted by Gasteiger charge is 2.28. The van der Waals surface area contributed by atoms with E-state index in [9.17, 15) is 0 Å². The lowest BCUT2D eigenvalue weighted by molar-refractivity contribution is 0.318. The van der Waals surface area contributed by atoms with Crippen LogP contribution >= 0.6 is 0 Å². The van der Waals surface area contributed by atoms with E-state index >= 15 is 0 Å². The molecule has 0 spiro atoms. The first-order valence-corrected chi connectivity index (χ1v) is 8.16. The Hall–Kier alpha value is -1.16. The Kier molecular flexibility index (Phi) is 4.51. The van der Waals surface area contributed by atoms with E-state index in [4.69, 9.17) is 0 Å². The lowest BCUT2D eigenvalue weighted by Crippen LogP contribution is -2.41. The van der Waals surface area contributed by atoms with E-state index < -0.39 is 0 Å². The fraction of sp³-hybridized carbons (Fsp3) is 0.750. The molecule has 0 aliphatic carbocycles. The zero-order valence-electron chi connectivity index (χ0n) is 12.5. The first kappa shape index (κ1) is 13.8. The summed E-state index contributed by atoms with van der Waals surface area (Å²) in [7, 11) is 0. The molecule has 4 heteroatoms. The first-order chi connectivity index (χ1) is 9.86. The Bertz CT molecular complexity index is 420. The highest BCUT2D eigenvalue weighted by Crippen LogP contribution is 2.27. The lowest BCUT2D eigenvalue weighted by Gasteiger charge is -2.35. The Balaban J connectivity index is 1.58. The van der Waals surface area contributed by atoms with Crippen LogP contribution in [-0.4, -0.2) is 35.6 Å². The Morgan fingerprint density at radius 2 is 2.10 bits per heavy atom. The molecule has 2 saturated heterocycles. The van der Waals surface area contributed by atoms with Gasteiger partial charge in [0.15, 0.2) is 0 Å². The number of hydrogen-bond donors (Lipinski definition) is 1. The summed E-state index contributed by atoms with van der Waals surface area (Å²) in [6.07, 6.45) is 9.25. The predicted molar refractivity (Wildman–Crippen MR) is 82.0 cm³/mol. The Labute approximate surface area is 122 Å². The van der Waals surface area contributed by atoms with Gasteiger partial charge in [-0.3, -0.25) is 0 Å². The summed E-state index contributed by atoms with van der Waals surface area (Å²) in [5, 5.41) is 3.66. The van der Waals surface area contributed by atoms with Crippen molar-refractivity contribution in [3.8, 4) is 0 Å². The molecule has 0 amide bonds. The minimum atomic E-state index is 0.776. The largest absolute Gasteiger partial charge is 0.356 e. The van der Waals surface area contributed by atoms with Gasteiger partial charge in [-0.1, -0.05) is 13.3 Å². The topological polar surface area (TPSA) is 41.0 Å². The maximum atomic E-state index is 4.47. The molecule has 0 aromatic carbocycles. The fourth-order valence-electron chi connectivity index (χ4n) is 3.60. The number of piperidine rings is 1. The molecule has 2 fully saturated rings. The second-order valence-electron chi connectivity index (χ2n) is 6.14. The van der Waals surface area contributed by atoms with Gasteiger partial charge in [0.1, 0.15) is 12.1 Å². The number of nitrogens with one attached hydrogen (secondary N) is 1. The van der Waals surface area contributed by atoms with Crippen LogP contribution in [0.2, 0.25) is 0 Å². The van der Waals surface area contributed by atoms with Crippen LogP contribution < -0.4 is 10.2 Å². The van der Waals surface area contributed by atoms with Gasteiger partial charge in [-0.25, -0.2) is 9.97 Å². The van der Waals surface area contributed by atoms with Gasteiger partial charge in [-0.2, -0.15) is 0 Å². The van der Waals surface area contributed by atoms with Crippen molar-refractivity contribution < 1.29 is 0 Å². The Morgan fingerprint density at radius 3 is 2.80 bits per heavy atom. The van der Waals surface area contributed by atoms with E-state index in [1.807, 2.05) is 0 Å². The summed E-state index contributed by atoms with van der Waals surface area (Å²) in [5.74, 6) is 1.99. The first-order valence-electron chi connectivity index (χ1n) is 8.16. The molecule has 0 bridgehead atoms. The van der Waals surface area contributed by atoms with Gasteiger partial charge in [-0.15, -0.1) is 0 Å². The summed E-state index contributed by atoms with van der Waals surface area (Å²) >= 11 is 0. The molecule has 1 aromatic heterocycles. The van der Waals surface area contributed by atoms with Crippen molar-refractivity contribution in [1.82, 2.24) is 15.3 Å². The number of anilines is 1. The highest BCUT2D eigenvalue weighted by atomic mass is 15.2. The molecule has 3 heterocycles. The third-order valence-electron chi connectivity index (χ3n) is 4.75. The molecule has 0 radical (unpaired) electrons. The average molecular weight is 274 g/mol. The number of hydrogen-bond acceptors (Lipinski definition) is 4. The van der Waals surface area contributed by atoms with Crippen LogP contribution in [0.3, 0.4) is 0 Å². The summed E-state index contributed by atoms with van der Waals surface area (Å²) in [6.45, 7) is 5.70. The zero-order valence-corrected chi connectivity index (χ0v) is 12.5. The molecule has 1 atom stereocenters. The second kappa shape index (κ2) is 6.53. The molecule has 1 unspecified atom stereocenters. The molecule has 2 aliphatic heterocycles. The van der Waals surface area contributed by atoms with Crippen LogP contribution in [0.25, 0.3) is 0 Å². The number of aromatic nitrogens is 2. The normalized spacial score (nSPS) is 24.2. The van der Waals surface area contributed by atoms with Crippen molar-refractivity contribution in [2.45, 2.75) is 51.5 Å². The highest BCUT2D eigenvalue weighted by molar-refractivity contribution is 5.39. The monoisotopic (exact) mass is 274 g/mol. The summed E-state index contributed by atoms with van der Waals surface area (Å²) in [4.78, 5) is 11.3. The maximum Gasteiger partial charge on any atom is 0.132 e. The summed E-state index contributed by atoms with van der Waals surface area (Å²) in [6, 6.07) is 2.95.